The van der Waals surface area contributed by atoms with Crippen LogP contribution >= 0.6 is 0 Å². The van der Waals surface area contributed by atoms with Gasteiger partial charge in [0.15, 0.2) is 0 Å². The predicted octanol–water partition coefficient (Wildman–Crippen LogP) is 1.05. The average Bonchev–Trinajstić information content (AvgIpc) is 2.40. The summed E-state index contributed by atoms with van der Waals surface area (Å²) in [5.41, 5.74) is -0.187. The third-order valence-corrected chi connectivity index (χ3v) is 2.64. The zero-order chi connectivity index (χ0) is 14.4. The maximum Gasteiger partial charge on any atom is 0.305 e. The Morgan fingerprint density at radius 2 is 1.95 bits per heavy atom. The van der Waals surface area contributed by atoms with E-state index in [1.165, 1.54) is 0 Å². The number of carbonyl (C=O) groups is 1. The number of hydrogen-bond donors (Lipinski definition) is 1. The van der Waals surface area contributed by atoms with E-state index in [0.29, 0.717) is 13.1 Å². The smallest absolute Gasteiger partial charge is 0.305 e. The van der Waals surface area contributed by atoms with Crippen molar-refractivity contribution in [2.24, 2.45) is 0 Å². The van der Waals surface area contributed by atoms with E-state index in [2.05, 4.69) is 15.3 Å². The average molecular weight is 267 g/mol. The Bertz CT molecular complexity index is 444. The van der Waals surface area contributed by atoms with Crippen LogP contribution in [-0.2, 0) is 4.79 Å². The van der Waals surface area contributed by atoms with Gasteiger partial charge < -0.3 is 10.2 Å². The summed E-state index contributed by atoms with van der Waals surface area (Å²) in [5.74, 6) is 0.130. The monoisotopic (exact) mass is 267 g/mol. The van der Waals surface area contributed by atoms with Crippen LogP contribution in [0.25, 0.3) is 0 Å². The van der Waals surface area contributed by atoms with Gasteiger partial charge in [0.25, 0.3) is 0 Å². The van der Waals surface area contributed by atoms with Crippen molar-refractivity contribution in [3.8, 4) is 0 Å². The lowest BCUT2D eigenvalue weighted by molar-refractivity contribution is -0.385. The Hall–Kier alpha value is -2.25. The predicted molar refractivity (Wildman–Crippen MR) is 69.7 cm³/mol. The van der Waals surface area contributed by atoms with Crippen LogP contribution in [0, 0.1) is 10.1 Å². The van der Waals surface area contributed by atoms with E-state index in [0.717, 1.165) is 12.4 Å². The first-order valence-electron chi connectivity index (χ1n) is 6.01. The van der Waals surface area contributed by atoms with Crippen molar-refractivity contribution >= 4 is 17.5 Å². The van der Waals surface area contributed by atoms with Crippen molar-refractivity contribution in [1.29, 1.82) is 0 Å². The zero-order valence-electron chi connectivity index (χ0n) is 11.2. The molecule has 1 aromatic rings. The molecule has 1 N–H and O–H groups in total. The Morgan fingerprint density at radius 1 is 1.42 bits per heavy atom. The number of hydrogen-bond acceptors (Lipinski definition) is 6. The van der Waals surface area contributed by atoms with Crippen LogP contribution < -0.4 is 5.32 Å². The van der Waals surface area contributed by atoms with E-state index >= 15 is 0 Å². The summed E-state index contributed by atoms with van der Waals surface area (Å²) < 4.78 is 0. The number of anilines is 1. The van der Waals surface area contributed by atoms with E-state index in [4.69, 9.17) is 0 Å². The standard InChI is InChI=1S/C11H17N5O3/c1-4-15(5-2)10(17)8(3)14-11-12-6-9(7-13-11)16(18)19/h6-8H,4-5H2,1-3H3,(H,12,13,14). The molecule has 8 nitrogen and oxygen atoms in total. The van der Waals surface area contributed by atoms with E-state index in [1.54, 1.807) is 11.8 Å². The molecule has 1 unspecified atom stereocenters. The molecule has 0 bridgehead atoms. The van der Waals surface area contributed by atoms with Gasteiger partial charge in [-0.15, -0.1) is 0 Å². The van der Waals surface area contributed by atoms with Gasteiger partial charge in [-0.3, -0.25) is 14.9 Å². The summed E-state index contributed by atoms with van der Waals surface area (Å²) in [6.07, 6.45) is 2.20. The van der Waals surface area contributed by atoms with Gasteiger partial charge in [-0.05, 0) is 20.8 Å². The van der Waals surface area contributed by atoms with Gasteiger partial charge in [-0.1, -0.05) is 0 Å². The van der Waals surface area contributed by atoms with Gasteiger partial charge in [0.1, 0.15) is 18.4 Å². The summed E-state index contributed by atoms with van der Waals surface area (Å²) in [7, 11) is 0. The fourth-order valence-corrected chi connectivity index (χ4v) is 1.55. The van der Waals surface area contributed by atoms with Gasteiger partial charge in [-0.25, -0.2) is 9.97 Å². The van der Waals surface area contributed by atoms with Gasteiger partial charge in [0.2, 0.25) is 11.9 Å². The molecule has 0 saturated heterocycles. The van der Waals surface area contributed by atoms with Crippen LogP contribution in [0.4, 0.5) is 11.6 Å². The Kier molecular flexibility index (Phi) is 5.16. The first-order chi connectivity index (χ1) is 8.99. The van der Waals surface area contributed by atoms with Crippen LogP contribution in [-0.4, -0.2) is 44.8 Å². The lowest BCUT2D eigenvalue weighted by Crippen LogP contribution is -2.41. The van der Waals surface area contributed by atoms with Gasteiger partial charge in [-0.2, -0.15) is 0 Å². The van der Waals surface area contributed by atoms with Crippen molar-refractivity contribution in [2.45, 2.75) is 26.8 Å². The molecule has 1 aromatic heterocycles. The minimum atomic E-state index is -0.575. The first-order valence-corrected chi connectivity index (χ1v) is 6.01. The molecule has 0 spiro atoms. The Labute approximate surface area is 111 Å². The first kappa shape index (κ1) is 14.8. The third kappa shape index (κ3) is 3.87. The molecule has 1 heterocycles. The molecule has 0 radical (unpaired) electrons. The Balaban J connectivity index is 2.68. The van der Waals surface area contributed by atoms with Crippen LogP contribution in [0.3, 0.4) is 0 Å². The molecule has 1 atom stereocenters. The lowest BCUT2D eigenvalue weighted by atomic mass is 10.3. The molecule has 0 aliphatic heterocycles. The van der Waals surface area contributed by atoms with E-state index in [-0.39, 0.29) is 17.5 Å². The fourth-order valence-electron chi connectivity index (χ4n) is 1.55. The Morgan fingerprint density at radius 3 is 2.37 bits per heavy atom. The molecule has 104 valence electrons. The van der Waals surface area contributed by atoms with Gasteiger partial charge in [0.05, 0.1) is 4.92 Å². The van der Waals surface area contributed by atoms with Crippen LogP contribution in [0.1, 0.15) is 20.8 Å². The summed E-state index contributed by atoms with van der Waals surface area (Å²) in [6, 6.07) is -0.485. The van der Waals surface area contributed by atoms with Crippen molar-refractivity contribution in [3.63, 3.8) is 0 Å². The van der Waals surface area contributed by atoms with Crippen molar-refractivity contribution in [2.75, 3.05) is 18.4 Å². The molecule has 0 saturated carbocycles. The highest BCUT2D eigenvalue weighted by molar-refractivity contribution is 5.83. The summed E-state index contributed by atoms with van der Waals surface area (Å²) in [6.45, 7) is 6.75. The minimum Gasteiger partial charge on any atom is -0.343 e. The highest BCUT2D eigenvalue weighted by atomic mass is 16.6. The number of nitro groups is 1. The quantitative estimate of drug-likeness (QED) is 0.610. The number of rotatable bonds is 6. The normalized spacial score (nSPS) is 11.7. The maximum atomic E-state index is 12.0. The van der Waals surface area contributed by atoms with E-state index < -0.39 is 11.0 Å². The number of likely N-dealkylation sites (N-methyl/N-ethyl adjacent to an activating group) is 1. The molecular weight excluding hydrogens is 250 g/mol. The van der Waals surface area contributed by atoms with Crippen molar-refractivity contribution < 1.29 is 9.72 Å². The fraction of sp³-hybridized carbons (Fsp3) is 0.545. The number of nitrogens with zero attached hydrogens (tertiary/aromatic N) is 4. The van der Waals surface area contributed by atoms with Crippen molar-refractivity contribution in [1.82, 2.24) is 14.9 Å². The minimum absolute atomic E-state index is 0.0630. The van der Waals surface area contributed by atoms with E-state index in [9.17, 15) is 14.9 Å². The molecule has 0 aliphatic rings. The van der Waals surface area contributed by atoms with Gasteiger partial charge >= 0.3 is 5.69 Å². The second kappa shape index (κ2) is 6.62. The van der Waals surface area contributed by atoms with Crippen molar-refractivity contribution in [3.05, 3.63) is 22.5 Å². The van der Waals surface area contributed by atoms with E-state index in [1.807, 2.05) is 13.8 Å². The molecule has 0 aromatic carbocycles. The van der Waals surface area contributed by atoms with Crippen LogP contribution in [0.5, 0.6) is 0 Å². The topological polar surface area (TPSA) is 101 Å². The molecule has 1 rings (SSSR count). The molecule has 0 fully saturated rings. The highest BCUT2D eigenvalue weighted by Gasteiger charge is 2.19. The molecule has 1 amide bonds. The second-order valence-electron chi connectivity index (χ2n) is 3.90. The molecule has 8 heteroatoms. The summed E-state index contributed by atoms with van der Waals surface area (Å²) in [4.78, 5) is 31.1. The van der Waals surface area contributed by atoms with Gasteiger partial charge in [0, 0.05) is 13.1 Å². The SMILES string of the molecule is CCN(CC)C(=O)C(C)Nc1ncc([N+](=O)[O-])cn1. The molecular formula is C11H17N5O3. The lowest BCUT2D eigenvalue weighted by Gasteiger charge is -2.23. The maximum absolute atomic E-state index is 12.0. The largest absolute Gasteiger partial charge is 0.343 e. The number of aromatic nitrogens is 2. The molecule has 0 aliphatic carbocycles. The zero-order valence-corrected chi connectivity index (χ0v) is 11.2. The molecule has 19 heavy (non-hydrogen) atoms. The summed E-state index contributed by atoms with van der Waals surface area (Å²) in [5, 5.41) is 13.3. The van der Waals surface area contributed by atoms with Crippen LogP contribution in [0.2, 0.25) is 0 Å². The number of carbonyl (C=O) groups excluding carboxylic acids is 1. The number of nitrogens with one attached hydrogen (secondary N) is 1. The second-order valence-corrected chi connectivity index (χ2v) is 3.90. The van der Waals surface area contributed by atoms with Crippen LogP contribution in [0.15, 0.2) is 12.4 Å². The highest BCUT2D eigenvalue weighted by Crippen LogP contribution is 2.09. The number of amides is 1. The summed E-state index contributed by atoms with van der Waals surface area (Å²) >= 11 is 0. The third-order valence-electron chi connectivity index (χ3n) is 2.64.